The molecule has 0 saturated heterocycles. The molecule has 108 valence electrons. The molecule has 2 aromatic carbocycles. The van der Waals surface area contributed by atoms with Gasteiger partial charge in [0, 0.05) is 17.1 Å². The second kappa shape index (κ2) is 5.24. The summed E-state index contributed by atoms with van der Waals surface area (Å²) < 4.78 is 28.7. The van der Waals surface area contributed by atoms with Crippen molar-refractivity contribution in [3.8, 4) is 22.9 Å². The van der Waals surface area contributed by atoms with E-state index in [1.165, 1.54) is 30.5 Å². The van der Waals surface area contributed by atoms with Gasteiger partial charge in [-0.15, -0.1) is 0 Å². The third kappa shape index (κ3) is 2.14. The number of fused-ring (bicyclic) bond motifs is 1. The van der Waals surface area contributed by atoms with Crippen molar-refractivity contribution in [2.24, 2.45) is 0 Å². The van der Waals surface area contributed by atoms with Crippen LogP contribution in [-0.2, 0) is 0 Å². The van der Waals surface area contributed by atoms with Crippen molar-refractivity contribution in [2.75, 3.05) is 0 Å². The molecule has 0 unspecified atom stereocenters. The van der Waals surface area contributed by atoms with E-state index in [4.69, 9.17) is 16.9 Å². The quantitative estimate of drug-likeness (QED) is 0.723. The van der Waals surface area contributed by atoms with E-state index in [-0.39, 0.29) is 27.2 Å². The Hall–Kier alpha value is -2.71. The molecule has 0 aliphatic rings. The molecule has 0 aliphatic heterocycles. The van der Waals surface area contributed by atoms with Gasteiger partial charge in [0.25, 0.3) is 0 Å². The second-order valence-electron chi connectivity index (χ2n) is 4.59. The molecule has 6 heteroatoms. The molecule has 0 aliphatic carbocycles. The Bertz CT molecular complexity index is 931. The molecule has 1 N–H and O–H groups in total. The van der Waals surface area contributed by atoms with Crippen LogP contribution in [0.2, 0.25) is 5.02 Å². The fraction of sp³-hybridized carbons (Fsp3) is 0. The minimum absolute atomic E-state index is 0.0546. The fourth-order valence-electron chi connectivity index (χ4n) is 2.26. The normalized spacial score (nSPS) is 10.6. The summed E-state index contributed by atoms with van der Waals surface area (Å²) in [6, 6.07) is 8.35. The lowest BCUT2D eigenvalue weighted by Gasteiger charge is -2.11. The molecule has 1 heterocycles. The highest BCUT2D eigenvalue weighted by atomic mass is 35.5. The predicted molar refractivity (Wildman–Crippen MR) is 78.5 cm³/mol. The van der Waals surface area contributed by atoms with Gasteiger partial charge in [-0.1, -0.05) is 17.7 Å². The summed E-state index contributed by atoms with van der Waals surface area (Å²) in [6.45, 7) is 0. The van der Waals surface area contributed by atoms with Gasteiger partial charge in [-0.2, -0.15) is 5.26 Å². The number of nitriles is 1. The number of benzene rings is 2. The highest BCUT2D eigenvalue weighted by molar-refractivity contribution is 6.34. The number of aromatic hydroxyl groups is 1. The Kier molecular flexibility index (Phi) is 3.39. The van der Waals surface area contributed by atoms with Crippen LogP contribution < -0.4 is 0 Å². The largest absolute Gasteiger partial charge is 0.507 e. The molecule has 3 rings (SSSR count). The number of aromatic nitrogens is 1. The Morgan fingerprint density at radius 3 is 2.64 bits per heavy atom. The lowest BCUT2D eigenvalue weighted by atomic mass is 10.0. The van der Waals surface area contributed by atoms with E-state index in [0.29, 0.717) is 5.39 Å². The molecular weight excluding hydrogens is 310 g/mol. The smallest absolute Gasteiger partial charge is 0.158 e. The van der Waals surface area contributed by atoms with Crippen LogP contribution in [0.5, 0.6) is 5.75 Å². The van der Waals surface area contributed by atoms with Crippen LogP contribution in [0.4, 0.5) is 8.78 Å². The summed E-state index contributed by atoms with van der Waals surface area (Å²) in [5.41, 5.74) is -0.384. The molecule has 0 spiro atoms. The van der Waals surface area contributed by atoms with Crippen molar-refractivity contribution < 1.29 is 13.9 Å². The lowest BCUT2D eigenvalue weighted by Crippen LogP contribution is -1.95. The summed E-state index contributed by atoms with van der Waals surface area (Å²) in [7, 11) is 0. The van der Waals surface area contributed by atoms with Crippen molar-refractivity contribution in [3.63, 3.8) is 0 Å². The Morgan fingerprint density at radius 1 is 1.18 bits per heavy atom. The van der Waals surface area contributed by atoms with Crippen molar-refractivity contribution in [3.05, 3.63) is 58.7 Å². The fourth-order valence-corrected chi connectivity index (χ4v) is 2.55. The van der Waals surface area contributed by atoms with Crippen molar-refractivity contribution >= 4 is 22.5 Å². The molecular formula is C16H7ClF2N2O. The Balaban J connectivity index is 2.39. The summed E-state index contributed by atoms with van der Waals surface area (Å²) in [6.07, 6.45) is 1.21. The highest BCUT2D eigenvalue weighted by Crippen LogP contribution is 2.40. The molecule has 0 bridgehead atoms. The van der Waals surface area contributed by atoms with Gasteiger partial charge in [-0.05, 0) is 24.3 Å². The Morgan fingerprint density at radius 2 is 1.95 bits per heavy atom. The molecule has 0 amide bonds. The highest BCUT2D eigenvalue weighted by Gasteiger charge is 2.21. The number of phenols is 1. The number of hydrogen-bond donors (Lipinski definition) is 1. The molecule has 3 nitrogen and oxygen atoms in total. The molecule has 0 saturated carbocycles. The zero-order valence-electron chi connectivity index (χ0n) is 10.9. The van der Waals surface area contributed by atoms with Crippen LogP contribution in [-0.4, -0.2) is 10.1 Å². The average Bonchev–Trinajstić information content (AvgIpc) is 2.49. The maximum Gasteiger partial charge on any atom is 0.158 e. The first-order chi connectivity index (χ1) is 10.5. The monoisotopic (exact) mass is 316 g/mol. The number of pyridine rings is 1. The van der Waals surface area contributed by atoms with Gasteiger partial charge in [-0.3, -0.25) is 4.98 Å². The summed E-state index contributed by atoms with van der Waals surface area (Å²) in [4.78, 5) is 3.88. The van der Waals surface area contributed by atoms with Gasteiger partial charge in [0.05, 0.1) is 16.1 Å². The van der Waals surface area contributed by atoms with Crippen LogP contribution in [0, 0.1) is 23.0 Å². The van der Waals surface area contributed by atoms with Gasteiger partial charge >= 0.3 is 0 Å². The molecule has 1 aromatic heterocycles. The summed E-state index contributed by atoms with van der Waals surface area (Å²) >= 11 is 6.05. The van der Waals surface area contributed by atoms with Crippen LogP contribution in [0.1, 0.15) is 5.56 Å². The first-order valence-electron chi connectivity index (χ1n) is 6.18. The average molecular weight is 317 g/mol. The van der Waals surface area contributed by atoms with Crippen LogP contribution >= 0.6 is 11.6 Å². The number of rotatable bonds is 1. The number of phenolic OH excluding ortho intramolecular Hbond substituents is 1. The maximum absolute atomic E-state index is 14.7. The topological polar surface area (TPSA) is 56.9 Å². The summed E-state index contributed by atoms with van der Waals surface area (Å²) in [5.74, 6) is -2.07. The third-order valence-corrected chi connectivity index (χ3v) is 3.53. The second-order valence-corrected chi connectivity index (χ2v) is 5.00. The lowest BCUT2D eigenvalue weighted by molar-refractivity contribution is 0.471. The standard InChI is InChI=1S/C16H7ClF2N2O/c17-10-5-9-4-8(6-20)7-21-16(9)15(19)13(10)14-11(18)2-1-3-12(14)22/h1-5,7,22H. The first-order valence-corrected chi connectivity index (χ1v) is 6.56. The van der Waals surface area contributed by atoms with Crippen LogP contribution in [0.25, 0.3) is 22.0 Å². The molecule has 0 radical (unpaired) electrons. The molecule has 22 heavy (non-hydrogen) atoms. The minimum Gasteiger partial charge on any atom is -0.507 e. The van der Waals surface area contributed by atoms with Crippen LogP contribution in [0.15, 0.2) is 36.5 Å². The van der Waals surface area contributed by atoms with Gasteiger partial charge in [0.1, 0.15) is 23.2 Å². The van der Waals surface area contributed by atoms with E-state index in [1.54, 1.807) is 0 Å². The molecule has 0 fully saturated rings. The molecule has 0 atom stereocenters. The number of nitrogens with zero attached hydrogens (tertiary/aromatic N) is 2. The minimum atomic E-state index is -0.854. The molecule has 3 aromatic rings. The van der Waals surface area contributed by atoms with E-state index >= 15 is 0 Å². The number of hydrogen-bond acceptors (Lipinski definition) is 3. The zero-order valence-corrected chi connectivity index (χ0v) is 11.7. The van der Waals surface area contributed by atoms with E-state index in [0.717, 1.165) is 6.07 Å². The van der Waals surface area contributed by atoms with Gasteiger partial charge in [0.2, 0.25) is 0 Å². The van der Waals surface area contributed by atoms with E-state index in [9.17, 15) is 13.9 Å². The van der Waals surface area contributed by atoms with Crippen molar-refractivity contribution in [1.82, 2.24) is 4.98 Å². The van der Waals surface area contributed by atoms with Crippen molar-refractivity contribution in [2.45, 2.75) is 0 Å². The van der Waals surface area contributed by atoms with Crippen molar-refractivity contribution in [1.29, 1.82) is 5.26 Å². The van der Waals surface area contributed by atoms with Gasteiger partial charge in [0.15, 0.2) is 5.82 Å². The number of halogens is 3. The zero-order chi connectivity index (χ0) is 15.9. The maximum atomic E-state index is 14.7. The first kappa shape index (κ1) is 14.2. The van der Waals surface area contributed by atoms with E-state index in [1.807, 2.05) is 6.07 Å². The van der Waals surface area contributed by atoms with E-state index < -0.39 is 17.4 Å². The predicted octanol–water partition coefficient (Wildman–Crippen LogP) is 4.41. The van der Waals surface area contributed by atoms with Gasteiger partial charge in [-0.25, -0.2) is 8.78 Å². The summed E-state index contributed by atoms with van der Waals surface area (Å²) in [5, 5.41) is 18.9. The SMILES string of the molecule is N#Cc1cnc2c(F)c(-c3c(O)cccc3F)c(Cl)cc2c1. The van der Waals surface area contributed by atoms with E-state index in [2.05, 4.69) is 4.98 Å². The Labute approximate surface area is 129 Å². The van der Waals surface area contributed by atoms with Gasteiger partial charge < -0.3 is 5.11 Å². The van der Waals surface area contributed by atoms with Crippen LogP contribution in [0.3, 0.4) is 0 Å². The third-order valence-electron chi connectivity index (χ3n) is 3.24.